The van der Waals surface area contributed by atoms with E-state index >= 15 is 0 Å². The normalized spacial score (nSPS) is 10.6. The molecule has 15 heavy (non-hydrogen) atoms. The van der Waals surface area contributed by atoms with E-state index in [1.165, 1.54) is 11.1 Å². The van der Waals surface area contributed by atoms with Crippen molar-refractivity contribution in [3.8, 4) is 11.3 Å². The van der Waals surface area contributed by atoms with Crippen LogP contribution in [0.15, 0.2) is 30.3 Å². The van der Waals surface area contributed by atoms with Gasteiger partial charge in [0.15, 0.2) is 0 Å². The lowest BCUT2D eigenvalue weighted by Crippen LogP contribution is -1.99. The summed E-state index contributed by atoms with van der Waals surface area (Å²) in [6.07, 6.45) is 0. The molecule has 1 aromatic carbocycles. The molecule has 0 amide bonds. The Balaban J connectivity index is 2.54. The Labute approximate surface area is 89.5 Å². The zero-order chi connectivity index (χ0) is 10.8. The summed E-state index contributed by atoms with van der Waals surface area (Å²) in [4.78, 5) is 0. The first-order chi connectivity index (χ1) is 7.22. The predicted octanol–water partition coefficient (Wildman–Crippen LogP) is 1.85. The van der Waals surface area contributed by atoms with Crippen LogP contribution in [0, 0.1) is 6.92 Å². The number of hydrogen-bond donors (Lipinski definition) is 1. The molecule has 0 fully saturated rings. The van der Waals surface area contributed by atoms with E-state index in [2.05, 4.69) is 24.2 Å². The third-order valence-corrected chi connectivity index (χ3v) is 2.56. The molecular formula is C12H15N3. The summed E-state index contributed by atoms with van der Waals surface area (Å²) in [5.74, 6) is 0. The lowest BCUT2D eigenvalue weighted by molar-refractivity contribution is 0.749. The summed E-state index contributed by atoms with van der Waals surface area (Å²) in [6, 6.07) is 10.3. The second-order valence-corrected chi connectivity index (χ2v) is 3.66. The number of rotatable bonds is 2. The second kappa shape index (κ2) is 3.87. The number of aryl methyl sites for hydroxylation is 2. The molecule has 2 N–H and O–H groups in total. The van der Waals surface area contributed by atoms with E-state index in [0.717, 1.165) is 11.4 Å². The molecule has 3 nitrogen and oxygen atoms in total. The molecule has 0 radical (unpaired) electrons. The van der Waals surface area contributed by atoms with Gasteiger partial charge in [-0.15, -0.1) is 0 Å². The van der Waals surface area contributed by atoms with E-state index in [1.807, 2.05) is 29.9 Å². The number of aromatic nitrogens is 2. The van der Waals surface area contributed by atoms with Crippen molar-refractivity contribution < 1.29 is 0 Å². The van der Waals surface area contributed by atoms with E-state index in [-0.39, 0.29) is 0 Å². The molecule has 78 valence electrons. The van der Waals surface area contributed by atoms with Crippen LogP contribution in [0.5, 0.6) is 0 Å². The summed E-state index contributed by atoms with van der Waals surface area (Å²) < 4.78 is 1.88. The Hall–Kier alpha value is -1.61. The average Bonchev–Trinajstić information content (AvgIpc) is 2.60. The summed E-state index contributed by atoms with van der Waals surface area (Å²) in [5, 5.41) is 4.34. The van der Waals surface area contributed by atoms with E-state index in [4.69, 9.17) is 5.73 Å². The highest BCUT2D eigenvalue weighted by Crippen LogP contribution is 2.23. The first kappa shape index (κ1) is 9.93. The van der Waals surface area contributed by atoms with Crippen LogP contribution in [0.25, 0.3) is 11.3 Å². The molecule has 0 spiro atoms. The van der Waals surface area contributed by atoms with Crippen molar-refractivity contribution in [1.82, 2.24) is 9.78 Å². The van der Waals surface area contributed by atoms with Gasteiger partial charge in [-0.1, -0.05) is 24.3 Å². The van der Waals surface area contributed by atoms with Gasteiger partial charge in [0.05, 0.1) is 11.4 Å². The molecule has 0 aliphatic carbocycles. The first-order valence-corrected chi connectivity index (χ1v) is 5.01. The Morgan fingerprint density at radius 1 is 1.33 bits per heavy atom. The molecule has 0 saturated heterocycles. The van der Waals surface area contributed by atoms with Gasteiger partial charge < -0.3 is 5.73 Å². The van der Waals surface area contributed by atoms with Crippen LogP contribution in [0.3, 0.4) is 0 Å². The van der Waals surface area contributed by atoms with Gasteiger partial charge >= 0.3 is 0 Å². The zero-order valence-corrected chi connectivity index (χ0v) is 9.07. The monoisotopic (exact) mass is 201 g/mol. The third kappa shape index (κ3) is 1.78. The number of benzene rings is 1. The van der Waals surface area contributed by atoms with Crippen molar-refractivity contribution in [2.75, 3.05) is 0 Å². The topological polar surface area (TPSA) is 43.8 Å². The van der Waals surface area contributed by atoms with Crippen molar-refractivity contribution in [3.63, 3.8) is 0 Å². The van der Waals surface area contributed by atoms with E-state index in [9.17, 15) is 0 Å². The lowest BCUT2D eigenvalue weighted by atomic mass is 10.1. The molecule has 0 unspecified atom stereocenters. The van der Waals surface area contributed by atoms with E-state index in [1.54, 1.807) is 0 Å². The van der Waals surface area contributed by atoms with Crippen LogP contribution in [0.1, 0.15) is 11.3 Å². The van der Waals surface area contributed by atoms with Crippen LogP contribution < -0.4 is 5.73 Å². The quantitative estimate of drug-likeness (QED) is 0.806. The second-order valence-electron chi connectivity index (χ2n) is 3.66. The molecule has 0 aliphatic heterocycles. The molecular weight excluding hydrogens is 186 g/mol. The van der Waals surface area contributed by atoms with Gasteiger partial charge in [0.25, 0.3) is 0 Å². The van der Waals surface area contributed by atoms with Gasteiger partial charge in [-0.3, -0.25) is 4.68 Å². The SMILES string of the molecule is Cc1ccccc1-c1cc(CN)nn1C. The molecule has 0 atom stereocenters. The maximum atomic E-state index is 5.57. The maximum absolute atomic E-state index is 5.57. The van der Waals surface area contributed by atoms with Crippen LogP contribution in [0.4, 0.5) is 0 Å². The Kier molecular flexibility index (Phi) is 2.56. The maximum Gasteiger partial charge on any atom is 0.0766 e. The molecule has 1 heterocycles. The Morgan fingerprint density at radius 3 is 2.67 bits per heavy atom. The first-order valence-electron chi connectivity index (χ1n) is 5.01. The molecule has 0 aliphatic rings. The van der Waals surface area contributed by atoms with Crippen molar-refractivity contribution >= 4 is 0 Å². The van der Waals surface area contributed by atoms with Crippen molar-refractivity contribution in [3.05, 3.63) is 41.6 Å². The van der Waals surface area contributed by atoms with E-state index in [0.29, 0.717) is 6.54 Å². The summed E-state index contributed by atoms with van der Waals surface area (Å²) >= 11 is 0. The van der Waals surface area contributed by atoms with Gasteiger partial charge in [0, 0.05) is 19.2 Å². The molecule has 0 saturated carbocycles. The highest BCUT2D eigenvalue weighted by Gasteiger charge is 2.07. The fraction of sp³-hybridized carbons (Fsp3) is 0.250. The summed E-state index contributed by atoms with van der Waals surface area (Å²) in [6.45, 7) is 2.59. The number of nitrogens with zero attached hydrogens (tertiary/aromatic N) is 2. The smallest absolute Gasteiger partial charge is 0.0766 e. The minimum atomic E-state index is 0.486. The Bertz CT molecular complexity index is 471. The van der Waals surface area contributed by atoms with Crippen LogP contribution in [-0.2, 0) is 13.6 Å². The van der Waals surface area contributed by atoms with Crippen LogP contribution >= 0.6 is 0 Å². The van der Waals surface area contributed by atoms with Crippen LogP contribution in [0.2, 0.25) is 0 Å². The number of hydrogen-bond acceptors (Lipinski definition) is 2. The van der Waals surface area contributed by atoms with Gasteiger partial charge in [-0.05, 0) is 18.6 Å². The van der Waals surface area contributed by atoms with Crippen molar-refractivity contribution in [2.45, 2.75) is 13.5 Å². The summed E-state index contributed by atoms with van der Waals surface area (Å²) in [5.41, 5.74) is 10.1. The van der Waals surface area contributed by atoms with Gasteiger partial charge in [-0.2, -0.15) is 5.10 Å². The predicted molar refractivity (Wildman–Crippen MR) is 61.3 cm³/mol. The van der Waals surface area contributed by atoms with Gasteiger partial charge in [0.1, 0.15) is 0 Å². The molecule has 2 aromatic rings. The van der Waals surface area contributed by atoms with Crippen molar-refractivity contribution in [1.29, 1.82) is 0 Å². The average molecular weight is 201 g/mol. The van der Waals surface area contributed by atoms with Crippen LogP contribution in [-0.4, -0.2) is 9.78 Å². The zero-order valence-electron chi connectivity index (χ0n) is 9.07. The molecule has 3 heteroatoms. The Morgan fingerprint density at radius 2 is 2.07 bits per heavy atom. The fourth-order valence-corrected chi connectivity index (χ4v) is 1.74. The highest BCUT2D eigenvalue weighted by atomic mass is 15.3. The largest absolute Gasteiger partial charge is 0.325 e. The third-order valence-electron chi connectivity index (χ3n) is 2.56. The minimum absolute atomic E-state index is 0.486. The van der Waals surface area contributed by atoms with Crippen molar-refractivity contribution in [2.24, 2.45) is 12.8 Å². The molecule has 2 rings (SSSR count). The highest BCUT2D eigenvalue weighted by molar-refractivity contribution is 5.64. The van der Waals surface area contributed by atoms with Gasteiger partial charge in [0.2, 0.25) is 0 Å². The fourth-order valence-electron chi connectivity index (χ4n) is 1.74. The standard InChI is InChI=1S/C12H15N3/c1-9-5-3-4-6-11(9)12-7-10(8-13)14-15(12)2/h3-7H,8,13H2,1-2H3. The number of nitrogens with two attached hydrogens (primary N) is 1. The minimum Gasteiger partial charge on any atom is -0.325 e. The summed E-state index contributed by atoms with van der Waals surface area (Å²) in [7, 11) is 1.95. The lowest BCUT2D eigenvalue weighted by Gasteiger charge is -2.04. The molecule has 1 aromatic heterocycles. The van der Waals surface area contributed by atoms with Gasteiger partial charge in [-0.25, -0.2) is 0 Å². The molecule has 0 bridgehead atoms. The van der Waals surface area contributed by atoms with E-state index < -0.39 is 0 Å².